The van der Waals surface area contributed by atoms with Crippen LogP contribution in [0, 0.1) is 0 Å². The molecule has 2 atom stereocenters. The molecule has 0 fully saturated rings. The van der Waals surface area contributed by atoms with E-state index in [1.54, 1.807) is 0 Å². The molecule has 72 valence electrons. The summed E-state index contributed by atoms with van der Waals surface area (Å²) < 4.78 is 0. The van der Waals surface area contributed by atoms with Crippen LogP contribution in [0.15, 0.2) is 28.9 Å². The number of dihydropyridines is 1. The van der Waals surface area contributed by atoms with E-state index in [1.807, 2.05) is 26.1 Å². The summed E-state index contributed by atoms with van der Waals surface area (Å²) in [6.45, 7) is 6.13. The van der Waals surface area contributed by atoms with Crippen molar-refractivity contribution in [2.24, 2.45) is 4.99 Å². The van der Waals surface area contributed by atoms with E-state index in [0.29, 0.717) is 12.1 Å². The first kappa shape index (κ1) is 10.0. The third-order valence-corrected chi connectivity index (χ3v) is 2.42. The fraction of sp³-hybridized carbons (Fsp3) is 0.545. The van der Waals surface area contributed by atoms with E-state index in [1.165, 1.54) is 5.70 Å². The number of allylic oxidation sites excluding steroid dienone is 2. The molecule has 0 aromatic heterocycles. The summed E-state index contributed by atoms with van der Waals surface area (Å²) in [6, 6.07) is 0.838. The summed E-state index contributed by atoms with van der Waals surface area (Å²) in [6.07, 6.45) is 8.31. The van der Waals surface area contributed by atoms with Crippen molar-refractivity contribution in [2.75, 3.05) is 7.05 Å². The predicted octanol–water partition coefficient (Wildman–Crippen LogP) is 2.24. The highest BCUT2D eigenvalue weighted by molar-refractivity contribution is 5.73. The molecule has 2 aliphatic heterocycles. The van der Waals surface area contributed by atoms with Gasteiger partial charge in [-0.1, -0.05) is 19.9 Å². The van der Waals surface area contributed by atoms with Crippen LogP contribution >= 0.6 is 0 Å². The first-order valence-corrected chi connectivity index (χ1v) is 4.90. The number of likely N-dealkylation sites (N-methyl/N-ethyl adjacent to an activating group) is 1. The van der Waals surface area contributed by atoms with E-state index < -0.39 is 0 Å². The normalized spacial score (nSPS) is 29.2. The minimum absolute atomic E-state index is 0.366. The number of nitrogens with zero attached hydrogens (tertiary/aromatic N) is 2. The number of aliphatic imine (C=N–C) groups is 1. The van der Waals surface area contributed by atoms with Gasteiger partial charge < -0.3 is 4.90 Å². The van der Waals surface area contributed by atoms with Crippen LogP contribution < -0.4 is 0 Å². The lowest BCUT2D eigenvalue weighted by Crippen LogP contribution is -2.31. The highest BCUT2D eigenvalue weighted by Gasteiger charge is 2.28. The van der Waals surface area contributed by atoms with Crippen molar-refractivity contribution < 1.29 is 0 Å². The van der Waals surface area contributed by atoms with Gasteiger partial charge in [0.25, 0.3) is 0 Å². The Bertz CT molecular complexity index is 251. The lowest BCUT2D eigenvalue weighted by molar-refractivity contribution is 0.368. The molecule has 2 heterocycles. The summed E-state index contributed by atoms with van der Waals surface area (Å²) in [7, 11) is 2.11. The first-order chi connectivity index (χ1) is 6.29. The Morgan fingerprint density at radius 2 is 2.08 bits per heavy atom. The molecule has 2 nitrogen and oxygen atoms in total. The van der Waals surface area contributed by atoms with E-state index in [4.69, 9.17) is 0 Å². The predicted molar refractivity (Wildman–Crippen MR) is 58.1 cm³/mol. The molecular formula is C11H18N2. The molecule has 0 saturated heterocycles. The zero-order valence-corrected chi connectivity index (χ0v) is 8.86. The van der Waals surface area contributed by atoms with Gasteiger partial charge in [-0.3, -0.25) is 4.99 Å². The van der Waals surface area contributed by atoms with Crippen LogP contribution in [0.2, 0.25) is 0 Å². The maximum atomic E-state index is 4.36. The van der Waals surface area contributed by atoms with Crippen LogP contribution in [0.25, 0.3) is 0 Å². The van der Waals surface area contributed by atoms with Gasteiger partial charge in [0.05, 0.1) is 12.1 Å². The number of hydrogen-bond donors (Lipinski definition) is 0. The molecule has 0 aromatic carbocycles. The van der Waals surface area contributed by atoms with Crippen molar-refractivity contribution in [3.8, 4) is 0 Å². The van der Waals surface area contributed by atoms with Crippen LogP contribution in [-0.2, 0) is 0 Å². The molecule has 0 amide bonds. The van der Waals surface area contributed by atoms with Crippen molar-refractivity contribution in [3.05, 3.63) is 23.9 Å². The topological polar surface area (TPSA) is 15.6 Å². The quantitative estimate of drug-likeness (QED) is 0.555. The lowest BCUT2D eigenvalue weighted by Gasteiger charge is -2.24. The molecule has 2 aliphatic rings. The third kappa shape index (κ3) is 1.82. The van der Waals surface area contributed by atoms with Gasteiger partial charge in [0.2, 0.25) is 0 Å². The van der Waals surface area contributed by atoms with Crippen LogP contribution in [0.5, 0.6) is 0 Å². The molecule has 2 rings (SSSR count). The summed E-state index contributed by atoms with van der Waals surface area (Å²) in [5, 5.41) is 0. The number of fused-ring (bicyclic) bond motifs is 1. The van der Waals surface area contributed by atoms with Crippen molar-refractivity contribution in [1.82, 2.24) is 4.90 Å². The minimum Gasteiger partial charge on any atom is -0.369 e. The van der Waals surface area contributed by atoms with E-state index in [-0.39, 0.29) is 0 Å². The van der Waals surface area contributed by atoms with Gasteiger partial charge in [-0.25, -0.2) is 0 Å². The van der Waals surface area contributed by atoms with Gasteiger partial charge in [-0.05, 0) is 19.1 Å². The summed E-state index contributed by atoms with van der Waals surface area (Å²) in [4.78, 5) is 6.62. The minimum atomic E-state index is 0.366. The zero-order chi connectivity index (χ0) is 9.84. The number of hydrogen-bond acceptors (Lipinski definition) is 2. The Labute approximate surface area is 80.7 Å². The van der Waals surface area contributed by atoms with Gasteiger partial charge in [0, 0.05) is 19.0 Å². The van der Waals surface area contributed by atoms with Gasteiger partial charge in [0.15, 0.2) is 0 Å². The Morgan fingerprint density at radius 3 is 2.69 bits per heavy atom. The SMILES string of the molecule is CC.CC1=CC2N=CC=CC2N1C. The molecule has 2 unspecified atom stereocenters. The van der Waals surface area contributed by atoms with Crippen LogP contribution in [0.3, 0.4) is 0 Å². The molecule has 2 heteroatoms. The lowest BCUT2D eigenvalue weighted by atomic mass is 10.1. The van der Waals surface area contributed by atoms with E-state index in [0.717, 1.165) is 0 Å². The fourth-order valence-corrected chi connectivity index (χ4v) is 1.61. The molecule has 0 aliphatic carbocycles. The van der Waals surface area contributed by atoms with Crippen molar-refractivity contribution in [2.45, 2.75) is 32.9 Å². The van der Waals surface area contributed by atoms with Crippen LogP contribution in [0.1, 0.15) is 20.8 Å². The summed E-state index contributed by atoms with van der Waals surface area (Å²) in [5.74, 6) is 0. The first-order valence-electron chi connectivity index (χ1n) is 4.90. The van der Waals surface area contributed by atoms with Gasteiger partial charge in [-0.2, -0.15) is 0 Å². The highest BCUT2D eigenvalue weighted by Crippen LogP contribution is 2.24. The smallest absolute Gasteiger partial charge is 0.0938 e. The molecule has 0 spiro atoms. The van der Waals surface area contributed by atoms with Crippen molar-refractivity contribution in [3.63, 3.8) is 0 Å². The second-order valence-electron chi connectivity index (χ2n) is 3.08. The third-order valence-electron chi connectivity index (χ3n) is 2.42. The molecule has 0 aromatic rings. The number of rotatable bonds is 0. The van der Waals surface area contributed by atoms with Crippen LogP contribution in [0.4, 0.5) is 0 Å². The largest absolute Gasteiger partial charge is 0.369 e. The summed E-state index contributed by atoms with van der Waals surface area (Å²) in [5.41, 5.74) is 1.32. The molecule has 0 N–H and O–H groups in total. The Morgan fingerprint density at radius 1 is 1.38 bits per heavy atom. The van der Waals surface area contributed by atoms with Gasteiger partial charge in [-0.15, -0.1) is 0 Å². The standard InChI is InChI=1S/C9H12N2.C2H6/c1-7-6-8-9(11(7)2)4-3-5-10-8;1-2/h3-6,8-9H,1-2H3;1-2H3. The zero-order valence-electron chi connectivity index (χ0n) is 8.86. The van der Waals surface area contributed by atoms with Gasteiger partial charge >= 0.3 is 0 Å². The van der Waals surface area contributed by atoms with E-state index in [2.05, 4.69) is 36.0 Å². The van der Waals surface area contributed by atoms with E-state index in [9.17, 15) is 0 Å². The molecule has 0 saturated carbocycles. The maximum absolute atomic E-state index is 4.36. The molecule has 0 bridgehead atoms. The monoisotopic (exact) mass is 178 g/mol. The van der Waals surface area contributed by atoms with Crippen molar-refractivity contribution >= 4 is 6.21 Å². The van der Waals surface area contributed by atoms with Gasteiger partial charge in [0.1, 0.15) is 0 Å². The molecule has 0 radical (unpaired) electrons. The Kier molecular flexibility index (Phi) is 3.29. The molecule has 13 heavy (non-hydrogen) atoms. The average molecular weight is 178 g/mol. The average Bonchev–Trinajstić information content (AvgIpc) is 2.47. The van der Waals surface area contributed by atoms with Crippen LogP contribution in [-0.4, -0.2) is 30.2 Å². The second kappa shape index (κ2) is 4.26. The summed E-state index contributed by atoms with van der Waals surface area (Å²) >= 11 is 0. The highest BCUT2D eigenvalue weighted by atomic mass is 15.2. The van der Waals surface area contributed by atoms with E-state index >= 15 is 0 Å². The fourth-order valence-electron chi connectivity index (χ4n) is 1.61. The second-order valence-corrected chi connectivity index (χ2v) is 3.08. The van der Waals surface area contributed by atoms with Crippen molar-refractivity contribution in [1.29, 1.82) is 0 Å². The Hall–Kier alpha value is -1.05. The Balaban J connectivity index is 0.000000396. The maximum Gasteiger partial charge on any atom is 0.0938 e. The molecular weight excluding hydrogens is 160 g/mol.